The van der Waals surface area contributed by atoms with E-state index < -0.39 is 6.67 Å². The van der Waals surface area contributed by atoms with Gasteiger partial charge in [-0.05, 0) is 48.6 Å². The molecular formula is C26H24FN9. The molecule has 0 amide bonds. The van der Waals surface area contributed by atoms with E-state index in [1.54, 1.807) is 30.7 Å². The molecule has 9 nitrogen and oxygen atoms in total. The average Bonchev–Trinajstić information content (AvgIpc) is 3.78. The van der Waals surface area contributed by atoms with Crippen LogP contribution in [-0.4, -0.2) is 57.3 Å². The minimum absolute atomic E-state index is 0.230. The van der Waals surface area contributed by atoms with Crippen LogP contribution in [0.4, 0.5) is 21.8 Å². The molecule has 0 unspecified atom stereocenters. The van der Waals surface area contributed by atoms with Crippen LogP contribution in [0.1, 0.15) is 29.9 Å². The number of piperazine rings is 1. The Kier molecular flexibility index (Phi) is 5.83. The molecule has 0 spiro atoms. The van der Waals surface area contributed by atoms with Gasteiger partial charge in [0.1, 0.15) is 24.1 Å². The zero-order valence-electron chi connectivity index (χ0n) is 19.5. The number of nitriles is 1. The number of rotatable bonds is 6. The Labute approximate surface area is 207 Å². The Hall–Kier alpha value is -4.23. The second kappa shape index (κ2) is 9.43. The molecule has 2 aliphatic rings. The number of alkyl halides is 1. The summed E-state index contributed by atoms with van der Waals surface area (Å²) in [5, 5.41) is 16.6. The smallest absolute Gasteiger partial charge is 0.162 e. The number of fused-ring (bicyclic) bond motifs is 1. The maximum Gasteiger partial charge on any atom is 0.162 e. The number of nitrogens with zero attached hydrogens (tertiary/aromatic N) is 7. The summed E-state index contributed by atoms with van der Waals surface area (Å²) in [6.07, 6.45) is 9.24. The Bertz CT molecular complexity index is 1460. The summed E-state index contributed by atoms with van der Waals surface area (Å²) in [5.41, 5.74) is 3.24. The molecule has 5 heterocycles. The number of nitrogens with one attached hydrogen (secondary N) is 2. The van der Waals surface area contributed by atoms with Crippen molar-refractivity contribution >= 4 is 28.4 Å². The van der Waals surface area contributed by atoms with Crippen molar-refractivity contribution in [3.05, 3.63) is 60.2 Å². The van der Waals surface area contributed by atoms with Gasteiger partial charge in [-0.15, -0.1) is 0 Å². The van der Waals surface area contributed by atoms with Crippen molar-refractivity contribution in [1.29, 1.82) is 5.26 Å². The van der Waals surface area contributed by atoms with Crippen molar-refractivity contribution in [2.24, 2.45) is 0 Å². The van der Waals surface area contributed by atoms with E-state index in [0.717, 1.165) is 41.7 Å². The zero-order chi connectivity index (χ0) is 24.5. The summed E-state index contributed by atoms with van der Waals surface area (Å²) in [4.78, 5) is 25.2. The first-order chi connectivity index (χ1) is 17.7. The second-order valence-electron chi connectivity index (χ2n) is 9.12. The molecule has 36 heavy (non-hydrogen) atoms. The number of anilines is 3. The molecule has 6 rings (SSSR count). The van der Waals surface area contributed by atoms with Gasteiger partial charge in [0.2, 0.25) is 0 Å². The van der Waals surface area contributed by atoms with Crippen LogP contribution in [-0.2, 0) is 0 Å². The topological polar surface area (TPSA) is 116 Å². The maximum atomic E-state index is 13.5. The molecular weight excluding hydrogens is 457 g/mol. The SMILES string of the molecule is N#Cc1ccnc(Nc2cc(-c3nc(N4CCN[C@@H](CF)C4)c4c(C5CC5)cncc4n3)ccn2)c1. The predicted molar refractivity (Wildman–Crippen MR) is 135 cm³/mol. The minimum Gasteiger partial charge on any atom is -0.353 e. The van der Waals surface area contributed by atoms with Crippen LogP contribution < -0.4 is 15.5 Å². The highest BCUT2D eigenvalue weighted by atomic mass is 19.1. The first-order valence-corrected chi connectivity index (χ1v) is 12.0. The number of halogens is 1. The lowest BCUT2D eigenvalue weighted by Crippen LogP contribution is -2.52. The molecule has 180 valence electrons. The van der Waals surface area contributed by atoms with Crippen molar-refractivity contribution in [3.63, 3.8) is 0 Å². The van der Waals surface area contributed by atoms with Crippen LogP contribution in [0.2, 0.25) is 0 Å². The number of hydrogen-bond donors (Lipinski definition) is 2. The van der Waals surface area contributed by atoms with Gasteiger partial charge in [0, 0.05) is 49.2 Å². The normalized spacial score (nSPS) is 17.7. The standard InChI is InChI=1S/C26H24FN9/c27-11-19-15-36(8-7-30-19)26-24-20(17-1-2-17)13-29-14-21(24)33-25(35-26)18-4-6-32-23(10-18)34-22-9-16(12-28)3-5-31-22/h3-6,9-10,13-14,17,19,30H,1-2,7-8,11,15H2,(H,31,32,34)/t19-/m0/s1. The predicted octanol–water partition coefficient (Wildman–Crippen LogP) is 3.72. The highest BCUT2D eigenvalue weighted by Crippen LogP contribution is 2.45. The third kappa shape index (κ3) is 4.41. The number of hydrogen-bond acceptors (Lipinski definition) is 9. The van der Waals surface area contributed by atoms with E-state index in [2.05, 4.69) is 36.6 Å². The van der Waals surface area contributed by atoms with Crippen molar-refractivity contribution in [2.45, 2.75) is 24.8 Å². The zero-order valence-corrected chi connectivity index (χ0v) is 19.5. The molecule has 10 heteroatoms. The van der Waals surface area contributed by atoms with Gasteiger partial charge in [-0.2, -0.15) is 5.26 Å². The summed E-state index contributed by atoms with van der Waals surface area (Å²) in [6.45, 7) is 1.54. The largest absolute Gasteiger partial charge is 0.353 e. The first kappa shape index (κ1) is 22.2. The highest BCUT2D eigenvalue weighted by molar-refractivity contribution is 5.94. The van der Waals surface area contributed by atoms with Crippen LogP contribution in [0.15, 0.2) is 49.1 Å². The fourth-order valence-corrected chi connectivity index (χ4v) is 4.61. The van der Waals surface area contributed by atoms with E-state index in [4.69, 9.17) is 15.2 Å². The molecule has 4 aromatic rings. The molecule has 4 aromatic heterocycles. The highest BCUT2D eigenvalue weighted by Gasteiger charge is 2.30. The Morgan fingerprint density at radius 3 is 2.75 bits per heavy atom. The van der Waals surface area contributed by atoms with Crippen molar-refractivity contribution in [2.75, 3.05) is 36.5 Å². The van der Waals surface area contributed by atoms with Gasteiger partial charge >= 0.3 is 0 Å². The number of aromatic nitrogens is 5. The molecule has 1 saturated carbocycles. The van der Waals surface area contributed by atoms with E-state index in [1.807, 2.05) is 18.3 Å². The Morgan fingerprint density at radius 1 is 1.11 bits per heavy atom. The monoisotopic (exact) mass is 481 g/mol. The third-order valence-electron chi connectivity index (χ3n) is 6.54. The summed E-state index contributed by atoms with van der Waals surface area (Å²) >= 11 is 0. The summed E-state index contributed by atoms with van der Waals surface area (Å²) < 4.78 is 13.5. The second-order valence-corrected chi connectivity index (χ2v) is 9.12. The molecule has 1 atom stereocenters. The average molecular weight is 482 g/mol. The van der Waals surface area contributed by atoms with Crippen molar-refractivity contribution in [1.82, 2.24) is 30.2 Å². The van der Waals surface area contributed by atoms with Crippen LogP contribution in [0, 0.1) is 11.3 Å². The third-order valence-corrected chi connectivity index (χ3v) is 6.54. The van der Waals surface area contributed by atoms with E-state index in [0.29, 0.717) is 42.0 Å². The van der Waals surface area contributed by atoms with Crippen molar-refractivity contribution < 1.29 is 4.39 Å². The van der Waals surface area contributed by atoms with Crippen LogP contribution in [0.25, 0.3) is 22.3 Å². The van der Waals surface area contributed by atoms with E-state index in [9.17, 15) is 4.39 Å². The molecule has 2 N–H and O–H groups in total. The lowest BCUT2D eigenvalue weighted by molar-refractivity contribution is 0.352. The fraction of sp³-hybridized carbons (Fsp3) is 0.308. The Morgan fingerprint density at radius 2 is 1.94 bits per heavy atom. The Balaban J connectivity index is 1.42. The lowest BCUT2D eigenvalue weighted by atomic mass is 10.1. The molecule has 2 fully saturated rings. The van der Waals surface area contributed by atoms with Gasteiger partial charge in [-0.25, -0.2) is 24.3 Å². The molecule has 1 saturated heterocycles. The van der Waals surface area contributed by atoms with Gasteiger partial charge in [0.25, 0.3) is 0 Å². The van der Waals surface area contributed by atoms with Crippen LogP contribution >= 0.6 is 0 Å². The van der Waals surface area contributed by atoms with Gasteiger partial charge in [-0.3, -0.25) is 4.98 Å². The molecule has 0 radical (unpaired) electrons. The van der Waals surface area contributed by atoms with E-state index >= 15 is 0 Å². The molecule has 0 aromatic carbocycles. The van der Waals surface area contributed by atoms with E-state index in [-0.39, 0.29) is 6.04 Å². The molecule has 1 aliphatic carbocycles. The quantitative estimate of drug-likeness (QED) is 0.425. The summed E-state index contributed by atoms with van der Waals surface area (Å²) in [6, 6.07) is 8.90. The summed E-state index contributed by atoms with van der Waals surface area (Å²) in [7, 11) is 0. The van der Waals surface area contributed by atoms with Gasteiger partial charge in [0.15, 0.2) is 5.82 Å². The molecule has 0 bridgehead atoms. The molecule has 1 aliphatic heterocycles. The van der Waals surface area contributed by atoms with Gasteiger partial charge in [-0.1, -0.05) is 0 Å². The lowest BCUT2D eigenvalue weighted by Gasteiger charge is -2.34. The van der Waals surface area contributed by atoms with Gasteiger partial charge in [0.05, 0.1) is 29.4 Å². The summed E-state index contributed by atoms with van der Waals surface area (Å²) in [5.74, 6) is 2.93. The first-order valence-electron chi connectivity index (χ1n) is 12.0. The van der Waals surface area contributed by atoms with Crippen LogP contribution in [0.3, 0.4) is 0 Å². The fourth-order valence-electron chi connectivity index (χ4n) is 4.61. The van der Waals surface area contributed by atoms with E-state index in [1.165, 1.54) is 5.56 Å². The number of pyridine rings is 3. The van der Waals surface area contributed by atoms with Crippen molar-refractivity contribution in [3.8, 4) is 17.5 Å². The minimum atomic E-state index is -0.427. The van der Waals surface area contributed by atoms with Gasteiger partial charge < -0.3 is 15.5 Å². The van der Waals surface area contributed by atoms with Crippen LogP contribution in [0.5, 0.6) is 0 Å². The maximum absolute atomic E-state index is 13.5.